The van der Waals surface area contributed by atoms with Gasteiger partial charge in [-0.15, -0.1) is 0 Å². The van der Waals surface area contributed by atoms with E-state index in [4.69, 9.17) is 0 Å². The topological polar surface area (TPSA) is 92.5 Å². The number of hydrogen-bond acceptors (Lipinski definition) is 4. The molecule has 1 aliphatic heterocycles. The number of hydrogen-bond donors (Lipinski definition) is 1. The van der Waals surface area contributed by atoms with Gasteiger partial charge in [0, 0.05) is 32.3 Å². The molecule has 1 aromatic heterocycles. The molecule has 8 heteroatoms. The Morgan fingerprint density at radius 1 is 1.38 bits per heavy atom. The highest BCUT2D eigenvalue weighted by molar-refractivity contribution is 7.90. The minimum atomic E-state index is -3.20. The van der Waals surface area contributed by atoms with Crippen LogP contribution >= 0.6 is 0 Å². The molecule has 1 saturated heterocycles. The molecule has 1 N–H and O–H groups in total. The predicted octanol–water partition coefficient (Wildman–Crippen LogP) is 0.790. The number of carboxylic acids is 1. The van der Waals surface area contributed by atoms with E-state index in [0.29, 0.717) is 18.8 Å². The summed E-state index contributed by atoms with van der Waals surface area (Å²) in [6.45, 7) is 0.876. The Morgan fingerprint density at radius 3 is 2.71 bits per heavy atom. The van der Waals surface area contributed by atoms with Crippen molar-refractivity contribution in [2.75, 3.05) is 13.1 Å². The zero-order valence-electron chi connectivity index (χ0n) is 11.9. The van der Waals surface area contributed by atoms with Crippen LogP contribution in [0.25, 0.3) is 0 Å². The quantitative estimate of drug-likeness (QED) is 0.887. The molecule has 1 aromatic rings. The van der Waals surface area contributed by atoms with Gasteiger partial charge in [0.25, 0.3) is 0 Å². The molecule has 3 rings (SSSR count). The number of sulfonamides is 1. The Hall–Kier alpha value is -1.41. The average molecular weight is 313 g/mol. The van der Waals surface area contributed by atoms with E-state index in [2.05, 4.69) is 5.10 Å². The zero-order valence-corrected chi connectivity index (χ0v) is 12.7. The van der Waals surface area contributed by atoms with Crippen LogP contribution < -0.4 is 0 Å². The molecule has 2 heterocycles. The summed E-state index contributed by atoms with van der Waals surface area (Å²) in [6.07, 6.45) is 4.48. The number of aromatic nitrogens is 2. The first-order valence-corrected chi connectivity index (χ1v) is 8.65. The fourth-order valence-electron chi connectivity index (χ4n) is 2.95. The normalized spacial score (nSPS) is 24.1. The summed E-state index contributed by atoms with van der Waals surface area (Å²) in [4.78, 5) is 11.3. The molecule has 1 atom stereocenters. The monoisotopic (exact) mass is 313 g/mol. The van der Waals surface area contributed by atoms with E-state index in [1.54, 1.807) is 7.05 Å². The molecule has 2 aliphatic rings. The van der Waals surface area contributed by atoms with E-state index in [1.165, 1.54) is 15.2 Å². The van der Waals surface area contributed by atoms with Crippen LogP contribution in [0.15, 0.2) is 6.20 Å². The second kappa shape index (κ2) is 5.10. The third-order valence-electron chi connectivity index (χ3n) is 4.16. The first-order chi connectivity index (χ1) is 9.89. The number of piperidine rings is 1. The van der Waals surface area contributed by atoms with E-state index >= 15 is 0 Å². The van der Waals surface area contributed by atoms with Crippen molar-refractivity contribution in [3.63, 3.8) is 0 Å². The molecule has 7 nitrogen and oxygen atoms in total. The van der Waals surface area contributed by atoms with Crippen LogP contribution in [0.1, 0.15) is 47.7 Å². The van der Waals surface area contributed by atoms with E-state index < -0.39 is 16.0 Å². The summed E-state index contributed by atoms with van der Waals surface area (Å²) in [5.74, 6) is -1.15. The Morgan fingerprint density at radius 2 is 2.10 bits per heavy atom. The maximum atomic E-state index is 12.3. The molecular formula is C13H19N3O4S. The SMILES string of the molecule is Cn1cc(C(=O)O)c(C2CCCN(S(=O)(=O)C3CC3)C2)n1. The Kier molecular flexibility index (Phi) is 3.53. The Bertz CT molecular complexity index is 663. The van der Waals surface area contributed by atoms with Gasteiger partial charge in [0.1, 0.15) is 5.56 Å². The number of carboxylic acid groups (broad SMARTS) is 1. The molecule has 0 radical (unpaired) electrons. The number of aryl methyl sites for hydroxylation is 1. The lowest BCUT2D eigenvalue weighted by Crippen LogP contribution is -2.41. The number of carbonyl (C=O) groups is 1. The summed E-state index contributed by atoms with van der Waals surface area (Å²) < 4.78 is 27.7. The molecule has 1 saturated carbocycles. The number of aromatic carboxylic acids is 1. The molecule has 2 fully saturated rings. The van der Waals surface area contributed by atoms with Crippen molar-refractivity contribution < 1.29 is 18.3 Å². The van der Waals surface area contributed by atoms with Crippen molar-refractivity contribution in [3.05, 3.63) is 17.5 Å². The summed E-state index contributed by atoms with van der Waals surface area (Å²) in [5.41, 5.74) is 0.675. The molecule has 1 unspecified atom stereocenters. The van der Waals surface area contributed by atoms with Gasteiger partial charge in [0.15, 0.2) is 0 Å². The molecule has 0 amide bonds. The van der Waals surface area contributed by atoms with Crippen LogP contribution in [0.3, 0.4) is 0 Å². The Balaban J connectivity index is 1.85. The maximum absolute atomic E-state index is 12.3. The van der Waals surface area contributed by atoms with Crippen LogP contribution in [0.5, 0.6) is 0 Å². The van der Waals surface area contributed by atoms with E-state index in [9.17, 15) is 18.3 Å². The molecule has 21 heavy (non-hydrogen) atoms. The lowest BCUT2D eigenvalue weighted by molar-refractivity contribution is 0.0694. The highest BCUT2D eigenvalue weighted by atomic mass is 32.2. The molecule has 0 spiro atoms. The summed E-state index contributed by atoms with van der Waals surface area (Å²) in [5, 5.41) is 13.3. The summed E-state index contributed by atoms with van der Waals surface area (Å²) in [7, 11) is -1.53. The van der Waals surface area contributed by atoms with Crippen LogP contribution in [0.4, 0.5) is 0 Å². The standard InChI is InChI=1S/C13H19N3O4S/c1-15-8-11(13(17)18)12(14-15)9-3-2-6-16(7-9)21(19,20)10-4-5-10/h8-10H,2-7H2,1H3,(H,17,18). The van der Waals surface area contributed by atoms with E-state index in [-0.39, 0.29) is 16.7 Å². The van der Waals surface area contributed by atoms with Gasteiger partial charge in [0.2, 0.25) is 10.0 Å². The van der Waals surface area contributed by atoms with Crippen molar-refractivity contribution in [1.29, 1.82) is 0 Å². The fraction of sp³-hybridized carbons (Fsp3) is 0.692. The number of rotatable bonds is 4. The molecule has 0 aromatic carbocycles. The summed E-state index contributed by atoms with van der Waals surface area (Å²) >= 11 is 0. The van der Waals surface area contributed by atoms with Crippen molar-refractivity contribution in [3.8, 4) is 0 Å². The smallest absolute Gasteiger partial charge is 0.339 e. The van der Waals surface area contributed by atoms with Gasteiger partial charge in [-0.1, -0.05) is 0 Å². The van der Waals surface area contributed by atoms with Gasteiger partial charge in [-0.2, -0.15) is 5.10 Å². The zero-order chi connectivity index (χ0) is 15.2. The van der Waals surface area contributed by atoms with Gasteiger partial charge in [0.05, 0.1) is 10.9 Å². The third kappa shape index (κ3) is 2.69. The third-order valence-corrected chi connectivity index (χ3v) is 6.53. The van der Waals surface area contributed by atoms with Crippen LogP contribution in [0.2, 0.25) is 0 Å². The van der Waals surface area contributed by atoms with Gasteiger partial charge < -0.3 is 5.11 Å². The average Bonchev–Trinajstić information content (AvgIpc) is 3.22. The van der Waals surface area contributed by atoms with Crippen molar-refractivity contribution in [1.82, 2.24) is 14.1 Å². The lowest BCUT2D eigenvalue weighted by Gasteiger charge is -2.31. The first-order valence-electron chi connectivity index (χ1n) is 7.15. The minimum Gasteiger partial charge on any atom is -0.478 e. The van der Waals surface area contributed by atoms with Crippen molar-refractivity contribution in [2.24, 2.45) is 7.05 Å². The molecule has 116 valence electrons. The van der Waals surface area contributed by atoms with Gasteiger partial charge in [-0.3, -0.25) is 4.68 Å². The van der Waals surface area contributed by atoms with E-state index in [1.807, 2.05) is 0 Å². The van der Waals surface area contributed by atoms with Crippen LogP contribution in [-0.2, 0) is 17.1 Å². The summed E-state index contributed by atoms with van der Waals surface area (Å²) in [6, 6.07) is 0. The lowest BCUT2D eigenvalue weighted by atomic mass is 9.94. The second-order valence-corrected chi connectivity index (χ2v) is 8.06. The maximum Gasteiger partial charge on any atom is 0.339 e. The highest BCUT2D eigenvalue weighted by Gasteiger charge is 2.42. The van der Waals surface area contributed by atoms with E-state index in [0.717, 1.165) is 25.7 Å². The first kappa shape index (κ1) is 14.5. The molecule has 1 aliphatic carbocycles. The number of nitrogens with zero attached hydrogens (tertiary/aromatic N) is 3. The van der Waals surface area contributed by atoms with Crippen molar-refractivity contribution in [2.45, 2.75) is 36.9 Å². The second-order valence-electron chi connectivity index (χ2n) is 5.85. The van der Waals surface area contributed by atoms with Crippen LogP contribution in [0, 0.1) is 0 Å². The highest BCUT2D eigenvalue weighted by Crippen LogP contribution is 2.35. The fourth-order valence-corrected chi connectivity index (χ4v) is 4.87. The van der Waals surface area contributed by atoms with Crippen molar-refractivity contribution >= 4 is 16.0 Å². The minimum absolute atomic E-state index is 0.139. The van der Waals surface area contributed by atoms with Gasteiger partial charge >= 0.3 is 5.97 Å². The van der Waals surface area contributed by atoms with Gasteiger partial charge in [-0.25, -0.2) is 17.5 Å². The largest absolute Gasteiger partial charge is 0.478 e. The molecular weight excluding hydrogens is 294 g/mol. The van der Waals surface area contributed by atoms with Gasteiger partial charge in [-0.05, 0) is 25.7 Å². The molecule has 0 bridgehead atoms. The Labute approximate surface area is 123 Å². The predicted molar refractivity (Wildman–Crippen MR) is 75.7 cm³/mol. The van der Waals surface area contributed by atoms with Crippen LogP contribution in [-0.4, -0.2) is 51.9 Å².